The number of carbonyl (C=O) groups excluding carboxylic acids is 1. The first kappa shape index (κ1) is 13.2. The number of amides is 1. The molecule has 1 saturated heterocycles. The largest absolute Gasteiger partial charge is 0.481 e. The van der Waals surface area contributed by atoms with Crippen molar-refractivity contribution in [1.82, 2.24) is 19.9 Å². The lowest BCUT2D eigenvalue weighted by atomic mass is 10.1. The maximum Gasteiger partial charge on any atom is 0.220 e. The first-order valence-corrected chi connectivity index (χ1v) is 7.01. The van der Waals surface area contributed by atoms with Crippen LogP contribution in [-0.4, -0.2) is 34.1 Å². The van der Waals surface area contributed by atoms with E-state index in [1.807, 2.05) is 10.6 Å². The molecule has 0 radical (unpaired) electrons. The second-order valence-electron chi connectivity index (χ2n) is 4.72. The summed E-state index contributed by atoms with van der Waals surface area (Å²) in [6, 6.07) is 3.78. The van der Waals surface area contributed by atoms with E-state index in [1.54, 1.807) is 13.2 Å². The van der Waals surface area contributed by atoms with Crippen LogP contribution in [0.5, 0.6) is 5.88 Å². The van der Waals surface area contributed by atoms with Crippen molar-refractivity contribution < 1.29 is 9.53 Å². The van der Waals surface area contributed by atoms with Crippen LogP contribution in [0.3, 0.4) is 0 Å². The van der Waals surface area contributed by atoms with E-state index >= 15 is 0 Å². The lowest BCUT2D eigenvalue weighted by Gasteiger charge is -2.25. The molecule has 106 valence electrons. The van der Waals surface area contributed by atoms with Gasteiger partial charge >= 0.3 is 0 Å². The van der Waals surface area contributed by atoms with Crippen LogP contribution in [-0.2, 0) is 10.7 Å². The maximum atomic E-state index is 11.3. The van der Waals surface area contributed by atoms with Crippen molar-refractivity contribution in [2.75, 3.05) is 13.7 Å². The lowest BCUT2D eigenvalue weighted by molar-refractivity contribution is -0.122. The van der Waals surface area contributed by atoms with Crippen LogP contribution in [0.15, 0.2) is 12.1 Å². The minimum atomic E-state index is 0.0867. The number of pyridine rings is 1. The molecule has 1 atom stereocenters. The summed E-state index contributed by atoms with van der Waals surface area (Å²) in [4.78, 5) is 20.3. The van der Waals surface area contributed by atoms with E-state index in [0.717, 1.165) is 23.4 Å². The van der Waals surface area contributed by atoms with Crippen LogP contribution in [0.25, 0.3) is 11.2 Å². The van der Waals surface area contributed by atoms with Gasteiger partial charge in [-0.25, -0.2) is 4.98 Å². The zero-order valence-electron chi connectivity index (χ0n) is 11.1. The van der Waals surface area contributed by atoms with Crippen LogP contribution in [0.1, 0.15) is 24.7 Å². The number of ether oxygens (including phenoxy) is 1. The maximum absolute atomic E-state index is 11.3. The molecule has 2 aromatic rings. The highest BCUT2D eigenvalue weighted by atomic mass is 35.5. The number of hydrogen-bond donors (Lipinski definition) is 1. The van der Waals surface area contributed by atoms with Gasteiger partial charge in [0.05, 0.1) is 19.0 Å². The van der Waals surface area contributed by atoms with Crippen LogP contribution >= 0.6 is 11.6 Å². The number of piperidine rings is 1. The number of aromatic nitrogens is 3. The topological polar surface area (TPSA) is 69.0 Å². The third-order valence-corrected chi connectivity index (χ3v) is 3.76. The van der Waals surface area contributed by atoms with Crippen LogP contribution in [0, 0.1) is 0 Å². The normalized spacial score (nSPS) is 19.1. The Balaban J connectivity index is 2.08. The van der Waals surface area contributed by atoms with E-state index in [-0.39, 0.29) is 11.9 Å². The number of alkyl halides is 1. The first-order chi connectivity index (χ1) is 9.72. The number of nitrogens with zero attached hydrogens (tertiary/aromatic N) is 3. The van der Waals surface area contributed by atoms with Crippen molar-refractivity contribution in [2.45, 2.75) is 24.8 Å². The quantitative estimate of drug-likeness (QED) is 0.874. The van der Waals surface area contributed by atoms with E-state index in [9.17, 15) is 4.79 Å². The number of fused-ring (bicyclic) bond motifs is 1. The van der Waals surface area contributed by atoms with Crippen molar-refractivity contribution in [3.8, 4) is 5.88 Å². The highest BCUT2D eigenvalue weighted by molar-refractivity contribution is 6.16. The fraction of sp³-hybridized carbons (Fsp3) is 0.462. The number of imidazole rings is 1. The van der Waals surface area contributed by atoms with Crippen molar-refractivity contribution in [1.29, 1.82) is 0 Å². The molecule has 20 heavy (non-hydrogen) atoms. The predicted molar refractivity (Wildman–Crippen MR) is 74.9 cm³/mol. The lowest BCUT2D eigenvalue weighted by Crippen LogP contribution is -2.36. The Morgan fingerprint density at radius 1 is 1.50 bits per heavy atom. The molecule has 0 saturated carbocycles. The molecule has 3 heterocycles. The van der Waals surface area contributed by atoms with Gasteiger partial charge in [-0.3, -0.25) is 4.79 Å². The zero-order valence-corrected chi connectivity index (χ0v) is 11.9. The Kier molecular flexibility index (Phi) is 3.48. The molecule has 6 nitrogen and oxygen atoms in total. The number of hydrogen-bond acceptors (Lipinski definition) is 4. The second kappa shape index (κ2) is 5.28. The highest BCUT2D eigenvalue weighted by Crippen LogP contribution is 2.26. The fourth-order valence-electron chi connectivity index (χ4n) is 2.54. The minimum absolute atomic E-state index is 0.0867. The molecule has 0 aromatic carbocycles. The van der Waals surface area contributed by atoms with Crippen molar-refractivity contribution in [3.05, 3.63) is 18.0 Å². The minimum Gasteiger partial charge on any atom is -0.481 e. The summed E-state index contributed by atoms with van der Waals surface area (Å²) >= 11 is 6.00. The van der Waals surface area contributed by atoms with Crippen LogP contribution < -0.4 is 10.1 Å². The van der Waals surface area contributed by atoms with Gasteiger partial charge in [0, 0.05) is 19.0 Å². The third-order valence-electron chi connectivity index (χ3n) is 3.52. The van der Waals surface area contributed by atoms with Gasteiger partial charge in [-0.1, -0.05) is 0 Å². The average molecular weight is 295 g/mol. The van der Waals surface area contributed by atoms with Gasteiger partial charge in [0.2, 0.25) is 11.8 Å². The van der Waals surface area contributed by atoms with Gasteiger partial charge in [-0.15, -0.1) is 11.6 Å². The van der Waals surface area contributed by atoms with Gasteiger partial charge < -0.3 is 14.6 Å². The molecule has 3 rings (SSSR count). The Bertz CT molecular complexity index is 645. The van der Waals surface area contributed by atoms with E-state index in [2.05, 4.69) is 15.3 Å². The fourth-order valence-corrected chi connectivity index (χ4v) is 2.72. The summed E-state index contributed by atoms with van der Waals surface area (Å²) < 4.78 is 7.19. The molecule has 1 fully saturated rings. The molecule has 1 N–H and O–H groups in total. The summed E-state index contributed by atoms with van der Waals surface area (Å²) in [5.41, 5.74) is 1.54. The summed E-state index contributed by atoms with van der Waals surface area (Å²) in [6.45, 7) is 0.576. The van der Waals surface area contributed by atoms with Crippen LogP contribution in [0.2, 0.25) is 0 Å². The standard InChI is InChI=1S/C13H15ClN4O2/c1-20-12-5-3-9-13(17-12)18(10(6-14)16-9)8-2-4-11(19)15-7-8/h3,5,8H,2,4,6-7H2,1H3,(H,15,19). The molecule has 1 amide bonds. The molecule has 0 aliphatic carbocycles. The Hall–Kier alpha value is -1.82. The molecule has 1 aliphatic rings. The number of halogens is 1. The van der Waals surface area contributed by atoms with Gasteiger partial charge in [-0.2, -0.15) is 4.98 Å². The van der Waals surface area contributed by atoms with Gasteiger partial charge in [-0.05, 0) is 12.5 Å². The molecular weight excluding hydrogens is 280 g/mol. The van der Waals surface area contributed by atoms with Gasteiger partial charge in [0.15, 0.2) is 5.65 Å². The van der Waals surface area contributed by atoms with Gasteiger partial charge in [0.1, 0.15) is 11.3 Å². The molecule has 1 unspecified atom stereocenters. The van der Waals surface area contributed by atoms with E-state index in [4.69, 9.17) is 16.3 Å². The first-order valence-electron chi connectivity index (χ1n) is 6.47. The molecule has 7 heteroatoms. The highest BCUT2D eigenvalue weighted by Gasteiger charge is 2.24. The van der Waals surface area contributed by atoms with Gasteiger partial charge in [0.25, 0.3) is 0 Å². The van der Waals surface area contributed by atoms with E-state index < -0.39 is 0 Å². The number of rotatable bonds is 3. The van der Waals surface area contributed by atoms with Crippen molar-refractivity contribution in [3.63, 3.8) is 0 Å². The predicted octanol–water partition coefficient (Wildman–Crippen LogP) is 1.63. The monoisotopic (exact) mass is 294 g/mol. The summed E-state index contributed by atoms with van der Waals surface area (Å²) in [5, 5.41) is 2.88. The third kappa shape index (κ3) is 2.20. The molecule has 0 bridgehead atoms. The summed E-state index contributed by atoms with van der Waals surface area (Å²) in [5.74, 6) is 1.70. The average Bonchev–Trinajstić information content (AvgIpc) is 2.85. The van der Waals surface area contributed by atoms with E-state index in [0.29, 0.717) is 24.7 Å². The van der Waals surface area contributed by atoms with Crippen molar-refractivity contribution >= 4 is 28.7 Å². The summed E-state index contributed by atoms with van der Waals surface area (Å²) in [7, 11) is 1.58. The van der Waals surface area contributed by atoms with Crippen molar-refractivity contribution in [2.24, 2.45) is 0 Å². The SMILES string of the molecule is COc1ccc2nc(CCl)n(C3CCC(=O)NC3)c2n1. The van der Waals surface area contributed by atoms with Crippen LogP contribution in [0.4, 0.5) is 0 Å². The summed E-state index contributed by atoms with van der Waals surface area (Å²) in [6.07, 6.45) is 1.27. The number of methoxy groups -OCH3 is 1. The Morgan fingerprint density at radius 2 is 2.35 bits per heavy atom. The molecular formula is C13H15ClN4O2. The Morgan fingerprint density at radius 3 is 3.00 bits per heavy atom. The second-order valence-corrected chi connectivity index (χ2v) is 4.99. The Labute approximate surface area is 121 Å². The molecule has 2 aromatic heterocycles. The number of nitrogens with one attached hydrogen (secondary N) is 1. The van der Waals surface area contributed by atoms with E-state index in [1.165, 1.54) is 0 Å². The molecule has 1 aliphatic heterocycles. The smallest absolute Gasteiger partial charge is 0.220 e. The molecule has 0 spiro atoms. The zero-order chi connectivity index (χ0) is 14.1. The number of carbonyl (C=O) groups is 1.